The summed E-state index contributed by atoms with van der Waals surface area (Å²) < 4.78 is 76.9. The van der Waals surface area contributed by atoms with Gasteiger partial charge in [-0.2, -0.15) is 24.9 Å². The van der Waals surface area contributed by atoms with Crippen molar-refractivity contribution in [2.75, 3.05) is 23.9 Å². The highest BCUT2D eigenvalue weighted by Crippen LogP contribution is 2.45. The number of rotatable bonds is 8. The molecule has 0 aliphatic heterocycles. The number of hydrogen-bond donors (Lipinski definition) is 2. The van der Waals surface area contributed by atoms with Gasteiger partial charge in [-0.25, -0.2) is 18.7 Å². The number of aryl methyl sites for hydroxylation is 1. The fraction of sp³-hybridized carbons (Fsp3) is 0.364. The lowest BCUT2D eigenvalue weighted by molar-refractivity contribution is -0.256. The van der Waals surface area contributed by atoms with Gasteiger partial charge in [0.05, 0.1) is 18.7 Å². The molecule has 0 amide bonds. The maximum atomic E-state index is 15.0. The highest BCUT2D eigenvalue weighted by molar-refractivity contribution is 7.99. The normalized spacial score (nSPS) is 14.7. The van der Waals surface area contributed by atoms with E-state index in [1.54, 1.807) is 13.8 Å². The number of anilines is 1. The Morgan fingerprint density at radius 1 is 1.18 bits per heavy atom. The van der Waals surface area contributed by atoms with E-state index in [4.69, 9.17) is 4.74 Å². The zero-order valence-electron chi connectivity index (χ0n) is 18.0. The maximum absolute atomic E-state index is 15.0. The van der Waals surface area contributed by atoms with Gasteiger partial charge >= 0.3 is 6.18 Å². The summed E-state index contributed by atoms with van der Waals surface area (Å²) in [6.07, 6.45) is -3.82. The van der Waals surface area contributed by atoms with Crippen molar-refractivity contribution in [3.8, 4) is 5.75 Å². The Kier molecular flexibility index (Phi) is 7.32. The molecule has 0 spiro atoms. The van der Waals surface area contributed by atoms with Crippen LogP contribution in [0.15, 0.2) is 36.5 Å². The Hall–Kier alpha value is -2.66. The first-order chi connectivity index (χ1) is 15.5. The third kappa shape index (κ3) is 5.14. The largest absolute Gasteiger partial charge is 0.497 e. The minimum atomic E-state index is -5.14. The summed E-state index contributed by atoms with van der Waals surface area (Å²) in [7, 11) is 1.29. The second-order valence-corrected chi connectivity index (χ2v) is 8.60. The Morgan fingerprint density at radius 3 is 2.52 bits per heavy atom. The molecular formula is C22H22F5N3O2S. The number of nitrogens with one attached hydrogen (secondary N) is 1. The molecule has 1 heterocycles. The minimum absolute atomic E-state index is 0.0913. The number of fused-ring (bicyclic) bond motifs is 1. The molecule has 11 heteroatoms. The third-order valence-electron chi connectivity index (χ3n) is 5.10. The summed E-state index contributed by atoms with van der Waals surface area (Å²) in [6.45, 7) is 3.22. The Morgan fingerprint density at radius 2 is 1.91 bits per heavy atom. The standard InChI is InChI=1S/C22H22F5N3O2S/c1-4-33-11-21(31,22(25,26)27)20(15-6-5-14(32-3)9-17(15)24)30-19-8-13(23)7-18-16(19)10-28-12(2)29-18/h5-10,20,30-31H,4,11H2,1-3H3. The number of benzene rings is 2. The van der Waals surface area contributed by atoms with Crippen LogP contribution in [0.4, 0.5) is 27.6 Å². The highest BCUT2D eigenvalue weighted by Gasteiger charge is 2.59. The summed E-state index contributed by atoms with van der Waals surface area (Å²) in [5.74, 6) is -1.86. The smallest absolute Gasteiger partial charge is 0.420 e. The first-order valence-electron chi connectivity index (χ1n) is 9.90. The molecule has 3 rings (SSSR count). The minimum Gasteiger partial charge on any atom is -0.497 e. The van der Waals surface area contributed by atoms with Gasteiger partial charge in [0, 0.05) is 40.7 Å². The van der Waals surface area contributed by atoms with Gasteiger partial charge in [0.1, 0.15) is 23.2 Å². The van der Waals surface area contributed by atoms with Crippen LogP contribution in [-0.2, 0) is 0 Å². The number of aliphatic hydroxyl groups is 1. The first kappa shape index (κ1) is 25.0. The van der Waals surface area contributed by atoms with Crippen LogP contribution in [0.5, 0.6) is 5.75 Å². The number of alkyl halides is 3. The predicted molar refractivity (Wildman–Crippen MR) is 118 cm³/mol. The van der Waals surface area contributed by atoms with Crippen molar-refractivity contribution in [1.82, 2.24) is 9.97 Å². The number of hydrogen-bond acceptors (Lipinski definition) is 6. The molecule has 3 aromatic rings. The zero-order chi connectivity index (χ0) is 24.4. The lowest BCUT2D eigenvalue weighted by Crippen LogP contribution is -2.55. The zero-order valence-corrected chi connectivity index (χ0v) is 18.8. The molecule has 0 fully saturated rings. The van der Waals surface area contributed by atoms with E-state index in [0.29, 0.717) is 5.82 Å². The lowest BCUT2D eigenvalue weighted by Gasteiger charge is -2.39. The summed E-state index contributed by atoms with van der Waals surface area (Å²) >= 11 is 0.842. The third-order valence-corrected chi connectivity index (χ3v) is 6.15. The van der Waals surface area contributed by atoms with E-state index in [1.165, 1.54) is 19.4 Å². The molecule has 0 saturated heterocycles. The number of nitrogens with zero attached hydrogens (tertiary/aromatic N) is 2. The monoisotopic (exact) mass is 487 g/mol. The highest BCUT2D eigenvalue weighted by atomic mass is 32.2. The molecule has 2 atom stereocenters. The average molecular weight is 487 g/mol. The van der Waals surface area contributed by atoms with Crippen molar-refractivity contribution in [3.63, 3.8) is 0 Å². The summed E-state index contributed by atoms with van der Waals surface area (Å²) in [6, 6.07) is 3.35. The first-order valence-corrected chi connectivity index (χ1v) is 11.1. The fourth-order valence-corrected chi connectivity index (χ4v) is 4.22. The fourth-order valence-electron chi connectivity index (χ4n) is 3.38. The van der Waals surface area contributed by atoms with E-state index in [1.807, 2.05) is 0 Å². The SMILES string of the molecule is CCSCC(O)(C(Nc1cc(F)cc2nc(C)ncc12)c1ccc(OC)cc1F)C(F)(F)F. The van der Waals surface area contributed by atoms with Gasteiger partial charge < -0.3 is 15.2 Å². The second kappa shape index (κ2) is 9.68. The predicted octanol–water partition coefficient (Wildman–Crippen LogP) is 5.42. The van der Waals surface area contributed by atoms with E-state index in [-0.39, 0.29) is 28.1 Å². The van der Waals surface area contributed by atoms with Gasteiger partial charge in [-0.05, 0) is 24.8 Å². The summed E-state index contributed by atoms with van der Waals surface area (Å²) in [5, 5.41) is 13.7. The summed E-state index contributed by atoms with van der Waals surface area (Å²) in [5.41, 5.74) is -3.82. The topological polar surface area (TPSA) is 67.3 Å². The van der Waals surface area contributed by atoms with E-state index >= 15 is 0 Å². The number of ether oxygens (including phenoxy) is 1. The van der Waals surface area contributed by atoms with E-state index < -0.39 is 40.8 Å². The average Bonchev–Trinajstić information content (AvgIpc) is 2.74. The van der Waals surface area contributed by atoms with Crippen LogP contribution in [0.2, 0.25) is 0 Å². The molecule has 0 saturated carbocycles. The second-order valence-electron chi connectivity index (χ2n) is 7.33. The van der Waals surface area contributed by atoms with Crippen LogP contribution in [0.25, 0.3) is 10.9 Å². The Balaban J connectivity index is 2.23. The van der Waals surface area contributed by atoms with Crippen LogP contribution >= 0.6 is 11.8 Å². The molecular weight excluding hydrogens is 465 g/mol. The molecule has 2 unspecified atom stereocenters. The number of aromatic nitrogens is 2. The quantitative estimate of drug-likeness (QED) is 0.414. The van der Waals surface area contributed by atoms with Crippen molar-refractivity contribution in [1.29, 1.82) is 0 Å². The van der Waals surface area contributed by atoms with Crippen molar-refractivity contribution in [2.24, 2.45) is 0 Å². The molecule has 0 aliphatic carbocycles. The molecule has 1 aromatic heterocycles. The maximum Gasteiger partial charge on any atom is 0.420 e. The van der Waals surface area contributed by atoms with Crippen molar-refractivity contribution < 1.29 is 31.8 Å². The van der Waals surface area contributed by atoms with Gasteiger partial charge in [0.2, 0.25) is 0 Å². The Labute approximate surface area is 191 Å². The molecule has 2 aromatic carbocycles. The van der Waals surface area contributed by atoms with Crippen LogP contribution < -0.4 is 10.1 Å². The van der Waals surface area contributed by atoms with Gasteiger partial charge in [0.15, 0.2) is 5.60 Å². The van der Waals surface area contributed by atoms with Crippen molar-refractivity contribution in [3.05, 3.63) is 59.6 Å². The van der Waals surface area contributed by atoms with Crippen molar-refractivity contribution >= 4 is 28.4 Å². The number of halogens is 5. The van der Waals surface area contributed by atoms with Gasteiger partial charge in [-0.1, -0.05) is 13.0 Å². The number of thioether (sulfide) groups is 1. The Bertz CT molecular complexity index is 1140. The number of methoxy groups -OCH3 is 1. The molecule has 33 heavy (non-hydrogen) atoms. The van der Waals surface area contributed by atoms with Gasteiger partial charge in [0.25, 0.3) is 0 Å². The van der Waals surface area contributed by atoms with E-state index in [9.17, 15) is 27.1 Å². The molecule has 5 nitrogen and oxygen atoms in total. The molecule has 0 radical (unpaired) electrons. The van der Waals surface area contributed by atoms with Crippen molar-refractivity contribution in [2.45, 2.75) is 31.7 Å². The lowest BCUT2D eigenvalue weighted by atomic mass is 9.88. The van der Waals surface area contributed by atoms with Crippen LogP contribution in [-0.4, -0.2) is 45.5 Å². The van der Waals surface area contributed by atoms with E-state index in [0.717, 1.165) is 36.0 Å². The van der Waals surface area contributed by atoms with Crippen LogP contribution in [0.1, 0.15) is 24.4 Å². The van der Waals surface area contributed by atoms with Gasteiger partial charge in [-0.15, -0.1) is 0 Å². The summed E-state index contributed by atoms with van der Waals surface area (Å²) in [4.78, 5) is 8.13. The van der Waals surface area contributed by atoms with Gasteiger partial charge in [-0.3, -0.25) is 0 Å². The molecule has 2 N–H and O–H groups in total. The molecule has 0 bridgehead atoms. The van der Waals surface area contributed by atoms with Crippen LogP contribution in [0, 0.1) is 18.6 Å². The molecule has 178 valence electrons. The van der Waals surface area contributed by atoms with Crippen LogP contribution in [0.3, 0.4) is 0 Å². The van der Waals surface area contributed by atoms with E-state index in [2.05, 4.69) is 15.3 Å². The molecule has 0 aliphatic rings.